The highest BCUT2D eigenvalue weighted by atomic mass is 19.1. The molecule has 1 aliphatic heterocycles. The first-order chi connectivity index (χ1) is 17.0. The first-order valence-electron chi connectivity index (χ1n) is 11.0. The summed E-state index contributed by atoms with van der Waals surface area (Å²) in [5, 5.41) is 7.60. The van der Waals surface area contributed by atoms with Gasteiger partial charge in [0.15, 0.2) is 11.6 Å². The molecule has 1 aliphatic rings. The van der Waals surface area contributed by atoms with Gasteiger partial charge in [-0.2, -0.15) is 0 Å². The van der Waals surface area contributed by atoms with Crippen molar-refractivity contribution in [1.29, 1.82) is 0 Å². The minimum atomic E-state index is -0.800. The van der Waals surface area contributed by atoms with E-state index in [0.29, 0.717) is 18.9 Å². The summed E-state index contributed by atoms with van der Waals surface area (Å²) in [6, 6.07) is 9.93. The zero-order valence-electron chi connectivity index (χ0n) is 18.6. The number of carbonyl (C=O) groups is 2. The highest BCUT2D eigenvalue weighted by Gasteiger charge is 2.31. The molecule has 1 aromatic carbocycles. The Morgan fingerprint density at radius 3 is 2.74 bits per heavy atom. The van der Waals surface area contributed by atoms with Gasteiger partial charge in [0, 0.05) is 24.8 Å². The Balaban J connectivity index is 1.31. The van der Waals surface area contributed by atoms with Crippen molar-refractivity contribution < 1.29 is 14.0 Å². The second-order valence-electron chi connectivity index (χ2n) is 8.27. The lowest BCUT2D eigenvalue weighted by molar-refractivity contribution is -0.127. The normalized spacial score (nSPS) is 13.3. The number of nitrogens with one attached hydrogen (secondary N) is 1. The molecular formula is C24H19FN8O2. The van der Waals surface area contributed by atoms with Gasteiger partial charge in [0.05, 0.1) is 53.0 Å². The molecule has 0 saturated heterocycles. The Morgan fingerprint density at radius 2 is 1.97 bits per heavy atom. The molecule has 0 spiro atoms. The average Bonchev–Trinajstić information content (AvgIpc) is 3.62. The van der Waals surface area contributed by atoms with Crippen molar-refractivity contribution in [1.82, 2.24) is 39.4 Å². The van der Waals surface area contributed by atoms with Gasteiger partial charge in [0.2, 0.25) is 0 Å². The van der Waals surface area contributed by atoms with E-state index in [4.69, 9.17) is 0 Å². The number of H-pyrrole nitrogens is 1. The van der Waals surface area contributed by atoms with E-state index >= 15 is 0 Å². The zero-order valence-corrected chi connectivity index (χ0v) is 18.6. The van der Waals surface area contributed by atoms with E-state index in [1.165, 1.54) is 22.0 Å². The van der Waals surface area contributed by atoms with Crippen LogP contribution in [-0.2, 0) is 17.9 Å². The number of ketones is 1. The molecule has 0 bridgehead atoms. The summed E-state index contributed by atoms with van der Waals surface area (Å²) in [6.07, 6.45) is 5.34. The van der Waals surface area contributed by atoms with Crippen LogP contribution in [0.25, 0.3) is 28.0 Å². The Hall–Kier alpha value is -4.67. The summed E-state index contributed by atoms with van der Waals surface area (Å²) in [5.41, 5.74) is 3.11. The van der Waals surface area contributed by atoms with Crippen LogP contribution in [0.3, 0.4) is 0 Å². The molecule has 11 heteroatoms. The molecule has 6 rings (SSSR count). The van der Waals surface area contributed by atoms with Crippen molar-refractivity contribution >= 4 is 22.6 Å². The van der Waals surface area contributed by atoms with Gasteiger partial charge in [-0.1, -0.05) is 35.5 Å². The summed E-state index contributed by atoms with van der Waals surface area (Å²) >= 11 is 0. The van der Waals surface area contributed by atoms with Crippen molar-refractivity contribution in [2.75, 3.05) is 6.54 Å². The number of aromatic amines is 1. The van der Waals surface area contributed by atoms with Crippen LogP contribution in [0, 0.1) is 12.7 Å². The van der Waals surface area contributed by atoms with Crippen LogP contribution in [0.1, 0.15) is 21.9 Å². The number of nitrogens with zero attached hydrogens (tertiary/aromatic N) is 7. The molecule has 0 atom stereocenters. The number of imidazole rings is 1. The fraction of sp³-hybridized carbons (Fsp3) is 0.167. The van der Waals surface area contributed by atoms with Crippen LogP contribution in [0.15, 0.2) is 55.1 Å². The highest BCUT2D eigenvalue weighted by molar-refractivity contribution is 6.45. The largest absolute Gasteiger partial charge is 0.357 e. The Kier molecular flexibility index (Phi) is 4.76. The lowest BCUT2D eigenvalue weighted by Crippen LogP contribution is -2.42. The summed E-state index contributed by atoms with van der Waals surface area (Å²) < 4.78 is 18.2. The number of Topliss-reactive ketones (excluding diaryl/α,β-unsaturated/α-hetero) is 1. The number of hydrogen-bond acceptors (Lipinski definition) is 6. The van der Waals surface area contributed by atoms with Crippen LogP contribution in [0.4, 0.5) is 4.39 Å². The van der Waals surface area contributed by atoms with Gasteiger partial charge in [0.25, 0.3) is 11.7 Å². The molecule has 174 valence electrons. The second-order valence-corrected chi connectivity index (χ2v) is 8.27. The molecule has 1 N–H and O–H groups in total. The minimum Gasteiger partial charge on any atom is -0.357 e. The predicted octanol–water partition coefficient (Wildman–Crippen LogP) is 2.68. The number of fused-ring (bicyclic) bond motifs is 2. The maximum Gasteiger partial charge on any atom is 0.295 e. The fourth-order valence-corrected chi connectivity index (χ4v) is 4.62. The van der Waals surface area contributed by atoms with Gasteiger partial charge in [-0.05, 0) is 6.92 Å². The lowest BCUT2D eigenvalue weighted by atomic mass is 10.1. The van der Waals surface area contributed by atoms with Gasteiger partial charge in [-0.15, -0.1) is 5.10 Å². The molecule has 1 amide bonds. The molecule has 10 nitrogen and oxygen atoms in total. The molecule has 0 radical (unpaired) electrons. The standard InChI is InChI=1S/C24H19FN8O2/c1-14-21(15-5-3-2-4-6-15)32-10-9-31(13-18(32)29-14)24(35)22(34)16-11-26-20-19(16)17(25)12-27-23(20)33-8-7-28-30-33/h2-8,11-12,26H,9-10,13H2,1H3. The van der Waals surface area contributed by atoms with E-state index < -0.39 is 17.5 Å². The summed E-state index contributed by atoms with van der Waals surface area (Å²) in [4.78, 5) is 39.4. The molecule has 5 heterocycles. The molecule has 4 aromatic heterocycles. The highest BCUT2D eigenvalue weighted by Crippen LogP contribution is 2.29. The molecule has 0 unspecified atom stereocenters. The molecule has 0 saturated carbocycles. The predicted molar refractivity (Wildman–Crippen MR) is 123 cm³/mol. The number of pyridine rings is 1. The van der Waals surface area contributed by atoms with Crippen molar-refractivity contribution in [3.63, 3.8) is 0 Å². The van der Waals surface area contributed by atoms with Crippen molar-refractivity contribution in [2.24, 2.45) is 0 Å². The van der Waals surface area contributed by atoms with E-state index in [1.807, 2.05) is 37.3 Å². The zero-order chi connectivity index (χ0) is 24.1. The summed E-state index contributed by atoms with van der Waals surface area (Å²) in [5.74, 6) is -1.24. The van der Waals surface area contributed by atoms with E-state index in [-0.39, 0.29) is 28.8 Å². The van der Waals surface area contributed by atoms with E-state index in [9.17, 15) is 14.0 Å². The Morgan fingerprint density at radius 1 is 1.14 bits per heavy atom. The Bertz CT molecular complexity index is 1590. The van der Waals surface area contributed by atoms with Crippen LogP contribution in [-0.4, -0.2) is 57.6 Å². The average molecular weight is 470 g/mol. The monoisotopic (exact) mass is 470 g/mol. The maximum absolute atomic E-state index is 14.8. The van der Waals surface area contributed by atoms with Crippen LogP contribution in [0.2, 0.25) is 0 Å². The van der Waals surface area contributed by atoms with Crippen LogP contribution >= 0.6 is 0 Å². The third-order valence-corrected chi connectivity index (χ3v) is 6.20. The topological polar surface area (TPSA) is 115 Å². The van der Waals surface area contributed by atoms with E-state index in [2.05, 4.69) is 29.8 Å². The van der Waals surface area contributed by atoms with Crippen molar-refractivity contribution in [2.45, 2.75) is 20.0 Å². The number of aromatic nitrogens is 7. The van der Waals surface area contributed by atoms with Gasteiger partial charge >= 0.3 is 0 Å². The van der Waals surface area contributed by atoms with Gasteiger partial charge in [-0.25, -0.2) is 19.0 Å². The first-order valence-corrected chi connectivity index (χ1v) is 11.0. The van der Waals surface area contributed by atoms with Gasteiger partial charge < -0.3 is 14.5 Å². The first kappa shape index (κ1) is 20.9. The smallest absolute Gasteiger partial charge is 0.295 e. The van der Waals surface area contributed by atoms with Gasteiger partial charge in [-0.3, -0.25) is 9.59 Å². The van der Waals surface area contributed by atoms with Crippen molar-refractivity contribution in [3.05, 3.63) is 78.0 Å². The molecule has 5 aromatic rings. The van der Waals surface area contributed by atoms with Crippen molar-refractivity contribution in [3.8, 4) is 17.1 Å². The summed E-state index contributed by atoms with van der Waals surface area (Å²) in [6.45, 7) is 2.96. The number of amides is 1. The quantitative estimate of drug-likeness (QED) is 0.319. The lowest BCUT2D eigenvalue weighted by Gasteiger charge is -2.28. The van der Waals surface area contributed by atoms with E-state index in [1.54, 1.807) is 6.20 Å². The molecular weight excluding hydrogens is 451 g/mol. The van der Waals surface area contributed by atoms with Crippen LogP contribution < -0.4 is 0 Å². The second kappa shape index (κ2) is 7.97. The number of carbonyl (C=O) groups excluding carboxylic acids is 2. The van der Waals surface area contributed by atoms with Gasteiger partial charge in [0.1, 0.15) is 5.82 Å². The minimum absolute atomic E-state index is 0.00966. The van der Waals surface area contributed by atoms with E-state index in [0.717, 1.165) is 23.1 Å². The SMILES string of the molecule is Cc1nc2n(c1-c1ccccc1)CCN(C(=O)C(=O)c1c[nH]c3c(-n4ccnn4)ncc(F)c13)C2. The fourth-order valence-electron chi connectivity index (χ4n) is 4.62. The third-order valence-electron chi connectivity index (χ3n) is 6.20. The third kappa shape index (κ3) is 3.31. The van der Waals surface area contributed by atoms with Crippen LogP contribution in [0.5, 0.6) is 0 Å². The molecule has 35 heavy (non-hydrogen) atoms. The maximum atomic E-state index is 14.8. The number of hydrogen-bond donors (Lipinski definition) is 1. The number of benzene rings is 1. The summed E-state index contributed by atoms with van der Waals surface area (Å²) in [7, 11) is 0. The number of rotatable bonds is 4. The molecule has 0 aliphatic carbocycles. The number of halogens is 1. The number of aryl methyl sites for hydroxylation is 1. The molecule has 0 fully saturated rings. The Labute approximate surface area is 198 Å².